The van der Waals surface area contributed by atoms with E-state index in [0.717, 1.165) is 49.8 Å². The fourth-order valence-corrected chi connectivity index (χ4v) is 7.51. The number of ether oxygens (including phenoxy) is 3. The van der Waals surface area contributed by atoms with Gasteiger partial charge in [-0.2, -0.15) is 0 Å². The molecule has 43 heavy (non-hydrogen) atoms. The summed E-state index contributed by atoms with van der Waals surface area (Å²) in [6.07, 6.45) is 6.42. The largest absolute Gasteiger partial charge is 0.487 e. The van der Waals surface area contributed by atoms with Crippen LogP contribution in [0.4, 0.5) is 0 Å². The van der Waals surface area contributed by atoms with Crippen molar-refractivity contribution in [2.45, 2.75) is 108 Å². The number of nitrogens with one attached hydrogen (secondary N) is 3. The summed E-state index contributed by atoms with van der Waals surface area (Å²) in [5, 5.41) is 15.8. The van der Waals surface area contributed by atoms with Gasteiger partial charge in [-0.15, -0.1) is 0 Å². The van der Waals surface area contributed by atoms with Gasteiger partial charge in [0.05, 0.1) is 19.1 Å². The van der Waals surface area contributed by atoms with Crippen LogP contribution in [0.25, 0.3) is 0 Å². The van der Waals surface area contributed by atoms with E-state index in [2.05, 4.69) is 29.7 Å². The van der Waals surface area contributed by atoms with E-state index in [9.17, 15) is 9.59 Å². The maximum Gasteiger partial charge on any atom is 0.251 e. The van der Waals surface area contributed by atoms with Crippen LogP contribution in [0.15, 0.2) is 36.4 Å². The Hall–Kier alpha value is -3.59. The molecule has 2 amide bonds. The van der Waals surface area contributed by atoms with Gasteiger partial charge in [0.2, 0.25) is 5.91 Å². The quantitative estimate of drug-likeness (QED) is 0.432. The van der Waals surface area contributed by atoms with Crippen LogP contribution < -0.4 is 20.1 Å². The number of nitrogens with zero attached hydrogens (tertiary/aromatic N) is 1. The zero-order valence-electron chi connectivity index (χ0n) is 26.0. The second-order valence-corrected chi connectivity index (χ2v) is 13.6. The molecule has 9 nitrogen and oxygen atoms in total. The molecule has 2 aromatic carbocycles. The van der Waals surface area contributed by atoms with Crippen molar-refractivity contribution < 1.29 is 23.8 Å². The number of fused-ring (bicyclic) bond motifs is 7. The smallest absolute Gasteiger partial charge is 0.251 e. The molecule has 0 unspecified atom stereocenters. The van der Waals surface area contributed by atoms with Crippen LogP contribution in [0.2, 0.25) is 0 Å². The Labute approximate surface area is 254 Å². The number of benzene rings is 2. The molecule has 3 N–H and O–H groups in total. The fourth-order valence-electron chi connectivity index (χ4n) is 7.51. The maximum absolute atomic E-state index is 14.0. The lowest BCUT2D eigenvalue weighted by Crippen LogP contribution is -2.65. The molecule has 1 saturated heterocycles. The average Bonchev–Trinajstić information content (AvgIpc) is 3.22. The third kappa shape index (κ3) is 5.37. The van der Waals surface area contributed by atoms with Gasteiger partial charge in [0.25, 0.3) is 5.91 Å². The van der Waals surface area contributed by atoms with Crippen LogP contribution in [-0.2, 0) is 16.0 Å². The molecule has 2 aromatic rings. The zero-order valence-corrected chi connectivity index (χ0v) is 26.0. The second-order valence-electron chi connectivity index (χ2n) is 13.6. The Morgan fingerprint density at radius 3 is 2.53 bits per heavy atom. The Morgan fingerprint density at radius 1 is 1.02 bits per heavy atom. The van der Waals surface area contributed by atoms with Gasteiger partial charge in [-0.1, -0.05) is 31.9 Å². The summed E-state index contributed by atoms with van der Waals surface area (Å²) in [6.45, 7) is 8.28. The third-order valence-corrected chi connectivity index (χ3v) is 9.69. The molecule has 1 fully saturated rings. The lowest BCUT2D eigenvalue weighted by molar-refractivity contribution is -0.137. The van der Waals surface area contributed by atoms with Crippen molar-refractivity contribution in [1.29, 1.82) is 5.41 Å². The first-order valence-electron chi connectivity index (χ1n) is 15.6. The molecule has 5 heterocycles. The summed E-state index contributed by atoms with van der Waals surface area (Å²) in [4.78, 5) is 29.4. The van der Waals surface area contributed by atoms with Crippen molar-refractivity contribution >= 4 is 17.8 Å². The first-order chi connectivity index (χ1) is 20.5. The van der Waals surface area contributed by atoms with E-state index in [-0.39, 0.29) is 30.4 Å². The number of amides is 2. The van der Waals surface area contributed by atoms with Crippen molar-refractivity contribution in [1.82, 2.24) is 15.5 Å². The van der Waals surface area contributed by atoms with Crippen molar-refractivity contribution in [3.63, 3.8) is 0 Å². The zero-order chi connectivity index (χ0) is 30.6. The minimum absolute atomic E-state index is 0.0719. The molecule has 0 aromatic heterocycles. The van der Waals surface area contributed by atoms with Gasteiger partial charge in [0.15, 0.2) is 11.6 Å². The number of carbonyl (C=O) groups excluding carboxylic acids is 2. The maximum atomic E-state index is 14.0. The van der Waals surface area contributed by atoms with E-state index in [1.807, 2.05) is 32.9 Å². The van der Waals surface area contributed by atoms with Gasteiger partial charge in [-0.3, -0.25) is 19.9 Å². The summed E-state index contributed by atoms with van der Waals surface area (Å²) in [7, 11) is 1.60. The number of hydrogen-bond acceptors (Lipinski definition) is 6. The molecule has 0 spiro atoms. The molecule has 6 bridgehead atoms. The van der Waals surface area contributed by atoms with Crippen molar-refractivity contribution in [3.05, 3.63) is 58.7 Å². The van der Waals surface area contributed by atoms with Gasteiger partial charge in [-0.25, -0.2) is 0 Å². The molecule has 9 heteroatoms. The SMILES string of the molecule is CC[C@]12CCCCCc3ccc4c(c3)[C@H](CC(C)(C)O4)NC(=O)c3ccc4c(c3)[C@H](N(C(=N)N1)C(=O)C2)[C@](C)(COC)O4. The van der Waals surface area contributed by atoms with E-state index in [1.165, 1.54) is 10.5 Å². The third-order valence-electron chi connectivity index (χ3n) is 9.69. The Morgan fingerprint density at radius 2 is 1.79 bits per heavy atom. The predicted molar refractivity (Wildman–Crippen MR) is 164 cm³/mol. The van der Waals surface area contributed by atoms with Gasteiger partial charge >= 0.3 is 0 Å². The standard InChI is InChI=1S/C34H44N4O5/c1-6-34-15-9-7-8-10-21-11-13-26-23(16-21)25(18-32(2,3)42-26)36-30(40)22-12-14-27-24(17-22)29(33(4,43-27)20-41-5)38(28(39)19-34)31(35)37-34/h11-14,16-17,25,29H,6-10,15,18-20H2,1-5H3,(H2,35,37)(H,36,40)/t25-,29-,33-,34+/m0/s1. The molecule has 0 radical (unpaired) electrons. The fraction of sp³-hybridized carbons (Fsp3) is 0.559. The van der Waals surface area contributed by atoms with E-state index in [1.54, 1.807) is 19.2 Å². The van der Waals surface area contributed by atoms with Gasteiger partial charge in [0.1, 0.15) is 23.1 Å². The highest BCUT2D eigenvalue weighted by Crippen LogP contribution is 2.49. The Kier molecular flexibility index (Phi) is 7.43. The first-order valence-corrected chi connectivity index (χ1v) is 15.6. The molecular weight excluding hydrogens is 544 g/mol. The van der Waals surface area contributed by atoms with Crippen molar-refractivity contribution in [3.8, 4) is 11.5 Å². The Balaban J connectivity index is 1.43. The van der Waals surface area contributed by atoms with Gasteiger partial charge < -0.3 is 24.8 Å². The molecule has 230 valence electrons. The minimum Gasteiger partial charge on any atom is -0.487 e. The average molecular weight is 589 g/mol. The van der Waals surface area contributed by atoms with Crippen LogP contribution in [-0.4, -0.2) is 53.1 Å². The molecule has 0 saturated carbocycles. The van der Waals surface area contributed by atoms with E-state index in [0.29, 0.717) is 29.7 Å². The number of guanidine groups is 1. The number of carbonyl (C=O) groups is 2. The molecule has 5 aliphatic rings. The number of hydrogen-bond donors (Lipinski definition) is 3. The molecule has 4 atom stereocenters. The molecule has 5 aliphatic heterocycles. The topological polar surface area (TPSA) is 113 Å². The minimum atomic E-state index is -0.944. The summed E-state index contributed by atoms with van der Waals surface area (Å²) in [6, 6.07) is 10.9. The molecular formula is C34H44N4O5. The first kappa shape index (κ1) is 29.5. The summed E-state index contributed by atoms with van der Waals surface area (Å²) in [5.41, 5.74) is 1.57. The van der Waals surface area contributed by atoms with Crippen LogP contribution >= 0.6 is 0 Å². The summed E-state index contributed by atoms with van der Waals surface area (Å²) < 4.78 is 18.3. The van der Waals surface area contributed by atoms with E-state index in [4.69, 9.17) is 19.6 Å². The van der Waals surface area contributed by atoms with Crippen LogP contribution in [0.1, 0.15) is 112 Å². The molecule has 7 rings (SSSR count). The highest BCUT2D eigenvalue weighted by Gasteiger charge is 2.54. The number of aryl methyl sites for hydroxylation is 1. The Bertz CT molecular complexity index is 1440. The number of rotatable bonds is 3. The predicted octanol–water partition coefficient (Wildman–Crippen LogP) is 5.58. The normalized spacial score (nSPS) is 29.9. The van der Waals surface area contributed by atoms with Crippen LogP contribution in [0.3, 0.4) is 0 Å². The van der Waals surface area contributed by atoms with Gasteiger partial charge in [-0.05, 0) is 76.3 Å². The summed E-state index contributed by atoms with van der Waals surface area (Å²) in [5.74, 6) is 1.15. The van der Waals surface area contributed by atoms with E-state index >= 15 is 0 Å². The lowest BCUT2D eigenvalue weighted by atomic mass is 9.82. The highest BCUT2D eigenvalue weighted by atomic mass is 16.5. The van der Waals surface area contributed by atoms with Crippen LogP contribution in [0, 0.1) is 5.41 Å². The highest BCUT2D eigenvalue weighted by molar-refractivity contribution is 6.00. The molecule has 0 aliphatic carbocycles. The van der Waals surface area contributed by atoms with Crippen molar-refractivity contribution in [2.24, 2.45) is 0 Å². The second kappa shape index (κ2) is 10.8. The van der Waals surface area contributed by atoms with Crippen molar-refractivity contribution in [2.75, 3.05) is 13.7 Å². The lowest BCUT2D eigenvalue weighted by Gasteiger charge is -2.47. The van der Waals surface area contributed by atoms with Crippen LogP contribution in [0.5, 0.6) is 11.5 Å². The number of methoxy groups -OCH3 is 1. The summed E-state index contributed by atoms with van der Waals surface area (Å²) >= 11 is 0. The monoisotopic (exact) mass is 588 g/mol. The van der Waals surface area contributed by atoms with Gasteiger partial charge in [0, 0.05) is 35.8 Å². The van der Waals surface area contributed by atoms with E-state index < -0.39 is 22.8 Å².